The topological polar surface area (TPSA) is 18.5 Å². The van der Waals surface area contributed by atoms with Crippen molar-refractivity contribution in [1.82, 2.24) is 0 Å². The van der Waals surface area contributed by atoms with Gasteiger partial charge >= 0.3 is 0 Å². The average Bonchev–Trinajstić information content (AvgIpc) is 3.47. The van der Waals surface area contributed by atoms with Crippen LogP contribution in [0, 0.1) is 57.5 Å². The van der Waals surface area contributed by atoms with Crippen molar-refractivity contribution >= 4 is 0 Å². The highest BCUT2D eigenvalue weighted by Gasteiger charge is 2.78. The molecule has 3 aliphatic carbocycles. The highest BCUT2D eigenvalue weighted by molar-refractivity contribution is 5.25. The summed E-state index contributed by atoms with van der Waals surface area (Å²) in [4.78, 5) is 0. The van der Waals surface area contributed by atoms with E-state index in [9.17, 15) is 0 Å². The van der Waals surface area contributed by atoms with Crippen LogP contribution in [0.5, 0.6) is 0 Å². The van der Waals surface area contributed by atoms with Crippen LogP contribution in [0.25, 0.3) is 0 Å². The molecule has 0 aromatic heterocycles. The van der Waals surface area contributed by atoms with Crippen molar-refractivity contribution in [3.05, 3.63) is 12.2 Å². The maximum absolute atomic E-state index is 6.22. The third kappa shape index (κ3) is 4.56. The zero-order valence-corrected chi connectivity index (χ0v) is 21.8. The smallest absolute Gasteiger partial charge is 0.193 e. The molecule has 172 valence electrons. The summed E-state index contributed by atoms with van der Waals surface area (Å²) >= 11 is 0. The minimum absolute atomic E-state index is 0.321. The van der Waals surface area contributed by atoms with Crippen LogP contribution in [0.4, 0.5) is 0 Å². The fourth-order valence-electron chi connectivity index (χ4n) is 7.14. The molecule has 0 aromatic carbocycles. The number of hydrogen-bond acceptors (Lipinski definition) is 2. The fourth-order valence-corrected chi connectivity index (χ4v) is 7.14. The molecule has 2 nitrogen and oxygen atoms in total. The Hall–Kier alpha value is -0.340. The molecule has 3 fully saturated rings. The Labute approximate surface area is 188 Å². The maximum Gasteiger partial charge on any atom is 0.258 e. The van der Waals surface area contributed by atoms with E-state index in [1.54, 1.807) is 0 Å². The van der Waals surface area contributed by atoms with Crippen molar-refractivity contribution in [3.8, 4) is 0 Å². The summed E-state index contributed by atoms with van der Waals surface area (Å²) in [6, 6.07) is 0. The molecule has 4 unspecified atom stereocenters. The number of fused-ring (bicyclic) bond motifs is 2. The summed E-state index contributed by atoms with van der Waals surface area (Å²) < 4.78 is 12.4. The van der Waals surface area contributed by atoms with Crippen molar-refractivity contribution in [2.24, 2.45) is 45.3 Å². The molecule has 0 bridgehead atoms. The van der Waals surface area contributed by atoms with Crippen LogP contribution in [-0.4, -0.2) is 13.2 Å². The van der Waals surface area contributed by atoms with Gasteiger partial charge in [-0.15, -0.1) is 0 Å². The van der Waals surface area contributed by atoms with Crippen molar-refractivity contribution in [1.29, 1.82) is 0 Å². The standard InChI is InChI=1S/C28H50O2/c1-11-29-23-19-20(23)26(5,6)16-14-18-28(9,10)22-21(24(22)30-12-2)27(7,8)17-13-15-25(19,3)4/h19-22H,11-18H2,1-10H3/q+2. The van der Waals surface area contributed by atoms with Gasteiger partial charge in [0.05, 0.1) is 13.2 Å². The number of ether oxygens (including phenoxy) is 2. The predicted octanol–water partition coefficient (Wildman–Crippen LogP) is 8.07. The van der Waals surface area contributed by atoms with Gasteiger partial charge in [0.1, 0.15) is 0 Å². The summed E-state index contributed by atoms with van der Waals surface area (Å²) in [5.41, 5.74) is 1.28. The van der Waals surface area contributed by atoms with Gasteiger partial charge in [0, 0.05) is 21.7 Å². The van der Waals surface area contributed by atoms with E-state index in [0.29, 0.717) is 45.3 Å². The molecule has 2 heteroatoms. The molecule has 0 saturated heterocycles. The van der Waals surface area contributed by atoms with Crippen LogP contribution in [0.2, 0.25) is 0 Å². The van der Waals surface area contributed by atoms with Crippen molar-refractivity contribution in [2.45, 2.75) is 108 Å². The third-order valence-corrected chi connectivity index (χ3v) is 8.95. The van der Waals surface area contributed by atoms with E-state index >= 15 is 0 Å². The van der Waals surface area contributed by atoms with E-state index in [1.165, 1.54) is 50.7 Å². The van der Waals surface area contributed by atoms with Gasteiger partial charge in [-0.25, -0.2) is 0 Å². The molecule has 3 saturated carbocycles. The van der Waals surface area contributed by atoms with Gasteiger partial charge < -0.3 is 0 Å². The first-order valence-corrected chi connectivity index (χ1v) is 12.8. The minimum Gasteiger partial charge on any atom is -0.193 e. The zero-order chi connectivity index (χ0) is 22.5. The second-order valence-corrected chi connectivity index (χ2v) is 13.2. The Morgan fingerprint density at radius 2 is 0.767 bits per heavy atom. The molecular weight excluding hydrogens is 368 g/mol. The monoisotopic (exact) mass is 418 g/mol. The summed E-state index contributed by atoms with van der Waals surface area (Å²) in [5, 5.41) is 0. The van der Waals surface area contributed by atoms with Gasteiger partial charge in [0.2, 0.25) is 0 Å². The van der Waals surface area contributed by atoms with Crippen molar-refractivity contribution in [2.75, 3.05) is 13.2 Å². The lowest BCUT2D eigenvalue weighted by Gasteiger charge is -2.29. The first kappa shape index (κ1) is 24.3. The molecule has 0 radical (unpaired) electrons. The largest absolute Gasteiger partial charge is 0.258 e. The van der Waals surface area contributed by atoms with Crippen LogP contribution in [-0.2, 0) is 9.47 Å². The molecule has 30 heavy (non-hydrogen) atoms. The molecule has 0 spiro atoms. The lowest BCUT2D eigenvalue weighted by Crippen LogP contribution is -2.26. The molecule has 0 amide bonds. The Morgan fingerprint density at radius 1 is 0.533 bits per heavy atom. The summed E-state index contributed by atoms with van der Waals surface area (Å²) in [5.74, 6) is 2.52. The predicted molar refractivity (Wildman–Crippen MR) is 127 cm³/mol. The van der Waals surface area contributed by atoms with Crippen LogP contribution in [0.3, 0.4) is 0 Å². The zero-order valence-electron chi connectivity index (χ0n) is 21.8. The second-order valence-electron chi connectivity index (χ2n) is 13.2. The van der Waals surface area contributed by atoms with Crippen LogP contribution < -0.4 is 0 Å². The third-order valence-electron chi connectivity index (χ3n) is 8.95. The van der Waals surface area contributed by atoms with E-state index in [2.05, 4.69) is 69.2 Å². The molecule has 0 N–H and O–H groups in total. The Kier molecular flexibility index (Phi) is 6.66. The summed E-state index contributed by atoms with van der Waals surface area (Å²) in [7, 11) is 0. The lowest BCUT2D eigenvalue weighted by molar-refractivity contribution is 0.147. The lowest BCUT2D eigenvalue weighted by atomic mass is 9.70. The molecule has 4 atom stereocenters. The highest BCUT2D eigenvalue weighted by Crippen LogP contribution is 2.70. The van der Waals surface area contributed by atoms with Crippen LogP contribution in [0.1, 0.15) is 108 Å². The van der Waals surface area contributed by atoms with E-state index in [-0.39, 0.29) is 0 Å². The number of rotatable bonds is 4. The SMILES string of the molecule is CCO[C+]1C2C1C(C)(C)CCCC(C)(C)C1[C+](OCC)C1C(C)(C)CCCC2(C)C. The van der Waals surface area contributed by atoms with Gasteiger partial charge in [-0.05, 0) is 39.5 Å². The first-order chi connectivity index (χ1) is 13.8. The fraction of sp³-hybridized carbons (Fsp3) is 0.929. The maximum atomic E-state index is 6.22. The van der Waals surface area contributed by atoms with Gasteiger partial charge in [0.25, 0.3) is 12.2 Å². The molecule has 3 rings (SSSR count). The van der Waals surface area contributed by atoms with Gasteiger partial charge in [-0.2, -0.15) is 9.47 Å². The Morgan fingerprint density at radius 3 is 0.967 bits per heavy atom. The summed E-state index contributed by atoms with van der Waals surface area (Å²) in [6.07, 6.45) is 10.6. The van der Waals surface area contributed by atoms with Crippen molar-refractivity contribution < 1.29 is 9.47 Å². The molecule has 3 aliphatic rings. The van der Waals surface area contributed by atoms with E-state index < -0.39 is 0 Å². The Balaban J connectivity index is 1.83. The quantitative estimate of drug-likeness (QED) is 0.430. The van der Waals surface area contributed by atoms with E-state index in [4.69, 9.17) is 9.47 Å². The second kappa shape index (κ2) is 8.22. The van der Waals surface area contributed by atoms with Gasteiger partial charge in [0.15, 0.2) is 23.7 Å². The van der Waals surface area contributed by atoms with Crippen LogP contribution >= 0.6 is 0 Å². The van der Waals surface area contributed by atoms with Crippen molar-refractivity contribution in [3.63, 3.8) is 0 Å². The minimum atomic E-state index is 0.321. The van der Waals surface area contributed by atoms with Gasteiger partial charge in [-0.3, -0.25) is 0 Å². The normalized spacial score (nSPS) is 37.0. The first-order valence-electron chi connectivity index (χ1n) is 12.8. The number of hydrogen-bond donors (Lipinski definition) is 0. The molecular formula is C28H50O2+2. The summed E-state index contributed by atoms with van der Waals surface area (Å²) in [6.45, 7) is 25.9. The molecule has 0 aromatic rings. The molecule has 0 heterocycles. The average molecular weight is 419 g/mol. The highest BCUT2D eigenvalue weighted by atomic mass is 16.5. The van der Waals surface area contributed by atoms with E-state index in [1.807, 2.05) is 0 Å². The Bertz CT molecular complexity index is 491. The van der Waals surface area contributed by atoms with Crippen LogP contribution in [0.15, 0.2) is 0 Å². The molecule has 0 aliphatic heterocycles. The van der Waals surface area contributed by atoms with Gasteiger partial charge in [-0.1, -0.05) is 68.2 Å². The van der Waals surface area contributed by atoms with E-state index in [0.717, 1.165) is 13.2 Å².